The number of carboxylic acid groups (broad SMARTS) is 1. The van der Waals surface area contributed by atoms with Gasteiger partial charge in [0.15, 0.2) is 0 Å². The molecule has 4 heteroatoms. The lowest BCUT2D eigenvalue weighted by molar-refractivity contribution is 0.0697. The standard InChI is InChI=1S/C16H22N2O2/c1-10(2)14-9-18(6-4-5-17)15-11(3)7-12(16(19)20)8-13(14)15/h7-10H,4-6,17H2,1-3H3,(H,19,20). The van der Waals surface area contributed by atoms with E-state index in [2.05, 4.69) is 24.6 Å². The van der Waals surface area contributed by atoms with Crippen LogP contribution in [0.3, 0.4) is 0 Å². The predicted molar refractivity (Wildman–Crippen MR) is 81.4 cm³/mol. The van der Waals surface area contributed by atoms with Gasteiger partial charge in [0.25, 0.3) is 0 Å². The van der Waals surface area contributed by atoms with Gasteiger partial charge in [0.2, 0.25) is 0 Å². The first kappa shape index (κ1) is 14.6. The van der Waals surface area contributed by atoms with Gasteiger partial charge >= 0.3 is 5.97 Å². The van der Waals surface area contributed by atoms with Crippen LogP contribution < -0.4 is 5.73 Å². The highest BCUT2D eigenvalue weighted by atomic mass is 16.4. The zero-order valence-corrected chi connectivity index (χ0v) is 12.3. The third kappa shape index (κ3) is 2.56. The van der Waals surface area contributed by atoms with Crippen LogP contribution in [-0.2, 0) is 6.54 Å². The van der Waals surface area contributed by atoms with E-state index >= 15 is 0 Å². The Morgan fingerprint density at radius 1 is 1.40 bits per heavy atom. The first-order valence-electron chi connectivity index (χ1n) is 7.02. The molecule has 0 saturated carbocycles. The van der Waals surface area contributed by atoms with Gasteiger partial charge in [0.05, 0.1) is 11.1 Å². The molecule has 0 atom stereocenters. The van der Waals surface area contributed by atoms with Crippen molar-refractivity contribution < 1.29 is 9.90 Å². The number of nitrogens with zero attached hydrogens (tertiary/aromatic N) is 1. The van der Waals surface area contributed by atoms with Crippen molar-refractivity contribution in [2.45, 2.75) is 39.7 Å². The number of hydrogen-bond donors (Lipinski definition) is 2. The van der Waals surface area contributed by atoms with E-state index in [1.807, 2.05) is 6.92 Å². The van der Waals surface area contributed by atoms with Crippen LogP contribution in [-0.4, -0.2) is 22.2 Å². The van der Waals surface area contributed by atoms with E-state index in [0.29, 0.717) is 18.0 Å². The first-order valence-corrected chi connectivity index (χ1v) is 7.02. The van der Waals surface area contributed by atoms with Gasteiger partial charge in [-0.1, -0.05) is 13.8 Å². The lowest BCUT2D eigenvalue weighted by atomic mass is 9.99. The number of aryl methyl sites for hydroxylation is 2. The summed E-state index contributed by atoms with van der Waals surface area (Å²) in [5.74, 6) is -0.514. The summed E-state index contributed by atoms with van der Waals surface area (Å²) in [7, 11) is 0. The Bertz CT molecular complexity index is 641. The molecule has 0 aliphatic heterocycles. The smallest absolute Gasteiger partial charge is 0.335 e. The SMILES string of the molecule is Cc1cc(C(=O)O)cc2c(C(C)C)cn(CCCN)c12. The van der Waals surface area contributed by atoms with Crippen LogP contribution in [0.25, 0.3) is 10.9 Å². The number of fused-ring (bicyclic) bond motifs is 1. The number of aromatic nitrogens is 1. The molecule has 0 spiro atoms. The molecule has 3 N–H and O–H groups in total. The Balaban J connectivity index is 2.69. The Hall–Kier alpha value is -1.81. The maximum Gasteiger partial charge on any atom is 0.335 e. The van der Waals surface area contributed by atoms with Crippen molar-refractivity contribution in [3.05, 3.63) is 35.0 Å². The zero-order chi connectivity index (χ0) is 14.9. The van der Waals surface area contributed by atoms with Crippen LogP contribution in [0.2, 0.25) is 0 Å². The molecule has 0 fully saturated rings. The van der Waals surface area contributed by atoms with E-state index in [9.17, 15) is 9.90 Å². The fourth-order valence-corrected chi connectivity index (χ4v) is 2.70. The molecule has 0 amide bonds. The van der Waals surface area contributed by atoms with Crippen molar-refractivity contribution in [1.82, 2.24) is 4.57 Å². The molecule has 0 aliphatic rings. The molecule has 0 bridgehead atoms. The van der Waals surface area contributed by atoms with Crippen LogP contribution in [0.15, 0.2) is 18.3 Å². The summed E-state index contributed by atoms with van der Waals surface area (Å²) in [5.41, 5.74) is 9.29. The van der Waals surface area contributed by atoms with Crippen LogP contribution >= 0.6 is 0 Å². The van der Waals surface area contributed by atoms with Gasteiger partial charge in [-0.15, -0.1) is 0 Å². The number of carbonyl (C=O) groups is 1. The number of aromatic carboxylic acids is 1. The highest BCUT2D eigenvalue weighted by molar-refractivity contribution is 5.96. The molecule has 0 unspecified atom stereocenters. The van der Waals surface area contributed by atoms with Crippen molar-refractivity contribution in [3.8, 4) is 0 Å². The molecule has 1 heterocycles. The number of hydrogen-bond acceptors (Lipinski definition) is 2. The second-order valence-corrected chi connectivity index (χ2v) is 5.57. The molecule has 108 valence electrons. The van der Waals surface area contributed by atoms with Crippen molar-refractivity contribution >= 4 is 16.9 Å². The second-order valence-electron chi connectivity index (χ2n) is 5.57. The largest absolute Gasteiger partial charge is 0.478 e. The minimum absolute atomic E-state index is 0.355. The minimum Gasteiger partial charge on any atom is -0.478 e. The van der Waals surface area contributed by atoms with E-state index in [1.54, 1.807) is 12.1 Å². The Kier molecular flexibility index (Phi) is 4.14. The molecule has 0 aliphatic carbocycles. The van der Waals surface area contributed by atoms with E-state index in [1.165, 1.54) is 5.56 Å². The van der Waals surface area contributed by atoms with Crippen LogP contribution in [0, 0.1) is 6.92 Å². The van der Waals surface area contributed by atoms with Crippen molar-refractivity contribution in [1.29, 1.82) is 0 Å². The van der Waals surface area contributed by atoms with E-state index in [4.69, 9.17) is 5.73 Å². The van der Waals surface area contributed by atoms with Gasteiger partial charge in [-0.05, 0) is 49.1 Å². The molecule has 2 aromatic rings. The average Bonchev–Trinajstić information content (AvgIpc) is 2.75. The molecular weight excluding hydrogens is 252 g/mol. The van der Waals surface area contributed by atoms with Gasteiger partial charge in [-0.3, -0.25) is 0 Å². The minimum atomic E-state index is -0.876. The summed E-state index contributed by atoms with van der Waals surface area (Å²) in [6.45, 7) is 7.75. The molecule has 2 rings (SSSR count). The summed E-state index contributed by atoms with van der Waals surface area (Å²) in [4.78, 5) is 11.2. The molecule has 20 heavy (non-hydrogen) atoms. The van der Waals surface area contributed by atoms with E-state index < -0.39 is 5.97 Å². The van der Waals surface area contributed by atoms with E-state index in [0.717, 1.165) is 29.4 Å². The fraction of sp³-hybridized carbons (Fsp3) is 0.438. The number of rotatable bonds is 5. The lowest BCUT2D eigenvalue weighted by Gasteiger charge is -2.08. The van der Waals surface area contributed by atoms with Gasteiger partial charge in [0, 0.05) is 18.1 Å². The predicted octanol–water partition coefficient (Wildman–Crippen LogP) is 3.12. The quantitative estimate of drug-likeness (QED) is 0.880. The molecule has 1 aromatic heterocycles. The molecular formula is C16H22N2O2. The van der Waals surface area contributed by atoms with Gasteiger partial charge in [-0.25, -0.2) is 4.79 Å². The summed E-state index contributed by atoms with van der Waals surface area (Å²) < 4.78 is 2.21. The van der Waals surface area contributed by atoms with Crippen molar-refractivity contribution in [3.63, 3.8) is 0 Å². The number of carboxylic acids is 1. The van der Waals surface area contributed by atoms with Crippen molar-refractivity contribution in [2.24, 2.45) is 5.73 Å². The maximum absolute atomic E-state index is 11.2. The van der Waals surface area contributed by atoms with Crippen LogP contribution in [0.1, 0.15) is 47.7 Å². The second kappa shape index (κ2) is 5.67. The molecule has 4 nitrogen and oxygen atoms in total. The summed E-state index contributed by atoms with van der Waals surface area (Å²) >= 11 is 0. The summed E-state index contributed by atoms with van der Waals surface area (Å²) in [6, 6.07) is 3.53. The molecule has 0 saturated heterocycles. The van der Waals surface area contributed by atoms with Gasteiger partial charge in [-0.2, -0.15) is 0 Å². The van der Waals surface area contributed by atoms with E-state index in [-0.39, 0.29) is 0 Å². The fourth-order valence-electron chi connectivity index (χ4n) is 2.70. The normalized spacial score (nSPS) is 11.4. The van der Waals surface area contributed by atoms with Gasteiger partial charge in [0.1, 0.15) is 0 Å². The van der Waals surface area contributed by atoms with Crippen LogP contribution in [0.4, 0.5) is 0 Å². The Labute approximate surface area is 119 Å². The third-order valence-electron chi connectivity index (χ3n) is 3.67. The number of nitrogens with two attached hydrogens (primary N) is 1. The first-order chi connectivity index (χ1) is 9.45. The summed E-state index contributed by atoms with van der Waals surface area (Å²) in [5, 5.41) is 10.3. The Morgan fingerprint density at radius 2 is 2.10 bits per heavy atom. The number of benzene rings is 1. The molecule has 1 aromatic carbocycles. The van der Waals surface area contributed by atoms with Crippen LogP contribution in [0.5, 0.6) is 0 Å². The third-order valence-corrected chi connectivity index (χ3v) is 3.67. The topological polar surface area (TPSA) is 68.2 Å². The lowest BCUT2D eigenvalue weighted by Crippen LogP contribution is -2.05. The average molecular weight is 274 g/mol. The monoisotopic (exact) mass is 274 g/mol. The van der Waals surface area contributed by atoms with Crippen molar-refractivity contribution in [2.75, 3.05) is 6.54 Å². The Morgan fingerprint density at radius 3 is 2.65 bits per heavy atom. The highest BCUT2D eigenvalue weighted by Gasteiger charge is 2.16. The zero-order valence-electron chi connectivity index (χ0n) is 12.3. The maximum atomic E-state index is 11.2. The molecule has 0 radical (unpaired) electrons. The highest BCUT2D eigenvalue weighted by Crippen LogP contribution is 2.31. The van der Waals surface area contributed by atoms with Gasteiger partial charge < -0.3 is 15.4 Å². The summed E-state index contributed by atoms with van der Waals surface area (Å²) in [6.07, 6.45) is 3.06.